The van der Waals surface area contributed by atoms with E-state index in [1.807, 2.05) is 11.3 Å². The van der Waals surface area contributed by atoms with Crippen molar-refractivity contribution in [3.8, 4) is 33.4 Å². The minimum Gasteiger partial charge on any atom is -0.310 e. The van der Waals surface area contributed by atoms with Crippen molar-refractivity contribution < 1.29 is 0 Å². The fraction of sp³-hybridized carbons (Fsp3) is 0. The zero-order valence-electron chi connectivity index (χ0n) is 29.9. The highest BCUT2D eigenvalue weighted by atomic mass is 32.1. The molecule has 0 saturated carbocycles. The van der Waals surface area contributed by atoms with Gasteiger partial charge in [-0.1, -0.05) is 133 Å². The van der Waals surface area contributed by atoms with Crippen LogP contribution in [0.5, 0.6) is 0 Å². The van der Waals surface area contributed by atoms with Gasteiger partial charge in [0.15, 0.2) is 0 Å². The third-order valence-corrected chi connectivity index (χ3v) is 12.1. The van der Waals surface area contributed by atoms with Gasteiger partial charge in [0.2, 0.25) is 0 Å². The fourth-order valence-corrected chi connectivity index (χ4v) is 9.54. The van der Waals surface area contributed by atoms with Crippen molar-refractivity contribution in [1.29, 1.82) is 0 Å². The largest absolute Gasteiger partial charge is 0.310 e. The maximum absolute atomic E-state index is 2.41. The molecule has 258 valence electrons. The van der Waals surface area contributed by atoms with Crippen LogP contribution in [0.2, 0.25) is 0 Å². The fourth-order valence-electron chi connectivity index (χ4n) is 8.46. The molecule has 0 radical (unpaired) electrons. The molecular weight excluding hydrogens is 685 g/mol. The number of thiophene rings is 1. The number of fused-ring (bicyclic) bond motifs is 5. The van der Waals surface area contributed by atoms with Crippen LogP contribution >= 0.6 is 11.3 Å². The summed E-state index contributed by atoms with van der Waals surface area (Å²) in [7, 11) is 0. The number of benzene rings is 9. The molecule has 0 spiro atoms. The molecule has 10 aromatic rings. The second kappa shape index (κ2) is 12.9. The van der Waals surface area contributed by atoms with E-state index in [1.54, 1.807) is 0 Å². The molecule has 2 nitrogen and oxygen atoms in total. The van der Waals surface area contributed by atoms with Crippen LogP contribution in [0.1, 0.15) is 0 Å². The Hall–Kier alpha value is -6.94. The highest BCUT2D eigenvalue weighted by Crippen LogP contribution is 2.52. The minimum absolute atomic E-state index is 1.11. The average molecular weight is 719 g/mol. The Morgan fingerprint density at radius 2 is 0.927 bits per heavy atom. The second-order valence-corrected chi connectivity index (χ2v) is 15.2. The van der Waals surface area contributed by atoms with Crippen LogP contribution in [-0.4, -0.2) is 0 Å². The Labute approximate surface area is 324 Å². The highest BCUT2D eigenvalue weighted by molar-refractivity contribution is 7.25. The summed E-state index contributed by atoms with van der Waals surface area (Å²) in [6, 6.07) is 75.1. The van der Waals surface area contributed by atoms with Gasteiger partial charge >= 0.3 is 0 Å². The predicted molar refractivity (Wildman–Crippen MR) is 236 cm³/mol. The summed E-state index contributed by atoms with van der Waals surface area (Å²) in [6.07, 6.45) is 0. The summed E-state index contributed by atoms with van der Waals surface area (Å²) in [5, 5.41) is 5.12. The molecule has 1 aromatic heterocycles. The Bertz CT molecular complexity index is 3020. The Balaban J connectivity index is 1.04. The number of rotatable bonds is 6. The normalized spacial score (nSPS) is 12.0. The van der Waals surface area contributed by atoms with E-state index in [-0.39, 0.29) is 0 Å². The molecule has 0 unspecified atom stereocenters. The van der Waals surface area contributed by atoms with Gasteiger partial charge < -0.3 is 9.80 Å². The summed E-state index contributed by atoms with van der Waals surface area (Å²) < 4.78 is 2.62. The lowest BCUT2D eigenvalue weighted by Crippen LogP contribution is -2.14. The van der Waals surface area contributed by atoms with Gasteiger partial charge in [0, 0.05) is 53.9 Å². The van der Waals surface area contributed by atoms with Crippen molar-refractivity contribution in [2.75, 3.05) is 9.80 Å². The Morgan fingerprint density at radius 3 is 1.73 bits per heavy atom. The van der Waals surface area contributed by atoms with Gasteiger partial charge in [-0.15, -0.1) is 11.3 Å². The highest BCUT2D eigenvalue weighted by Gasteiger charge is 2.26. The van der Waals surface area contributed by atoms with Gasteiger partial charge in [-0.05, 0) is 106 Å². The van der Waals surface area contributed by atoms with Crippen molar-refractivity contribution in [2.24, 2.45) is 0 Å². The van der Waals surface area contributed by atoms with Crippen molar-refractivity contribution in [3.05, 3.63) is 206 Å². The average Bonchev–Trinajstić information content (AvgIpc) is 3.63. The smallest absolute Gasteiger partial charge is 0.0546 e. The zero-order chi connectivity index (χ0) is 36.3. The minimum atomic E-state index is 1.11. The van der Waals surface area contributed by atoms with Crippen LogP contribution in [-0.2, 0) is 0 Å². The maximum atomic E-state index is 2.41. The molecule has 55 heavy (non-hydrogen) atoms. The second-order valence-electron chi connectivity index (χ2n) is 14.1. The van der Waals surface area contributed by atoms with E-state index >= 15 is 0 Å². The zero-order valence-corrected chi connectivity index (χ0v) is 30.7. The van der Waals surface area contributed by atoms with Crippen molar-refractivity contribution >= 4 is 76.4 Å². The van der Waals surface area contributed by atoms with Crippen LogP contribution in [0, 0.1) is 0 Å². The van der Waals surface area contributed by atoms with Gasteiger partial charge in [-0.25, -0.2) is 0 Å². The molecule has 1 aliphatic heterocycles. The predicted octanol–water partition coefficient (Wildman–Crippen LogP) is 15.5. The number of hydrogen-bond donors (Lipinski definition) is 0. The van der Waals surface area contributed by atoms with E-state index in [0.29, 0.717) is 0 Å². The molecule has 0 amide bonds. The molecule has 0 bridgehead atoms. The monoisotopic (exact) mass is 718 g/mol. The molecule has 0 aliphatic carbocycles. The van der Waals surface area contributed by atoms with Gasteiger partial charge in [-0.2, -0.15) is 0 Å². The van der Waals surface area contributed by atoms with E-state index in [9.17, 15) is 0 Å². The SMILES string of the molecule is c1ccc(-c2ccc(N(c3ccc(-c4ccc5c6c(cccc46)N(c4ccccc4)c4ccccc4-5)cc3)c3ccc4sc5ccccc5c4c3)cc2)cc1. The Morgan fingerprint density at radius 1 is 0.345 bits per heavy atom. The Kier molecular flexibility index (Phi) is 7.39. The molecule has 9 aromatic carbocycles. The molecule has 0 saturated heterocycles. The van der Waals surface area contributed by atoms with Crippen molar-refractivity contribution in [3.63, 3.8) is 0 Å². The van der Waals surface area contributed by atoms with Crippen LogP contribution in [0.3, 0.4) is 0 Å². The number of para-hydroxylation sites is 2. The van der Waals surface area contributed by atoms with E-state index in [0.717, 1.165) is 22.7 Å². The molecule has 11 rings (SSSR count). The molecular formula is C52H34N2S. The number of hydrogen-bond acceptors (Lipinski definition) is 3. The summed E-state index contributed by atoms with van der Waals surface area (Å²) in [6.45, 7) is 0. The standard InChI is InChI=1S/C52H34N2S/c1-3-12-35(13-4-1)36-22-26-39(27-23-36)53(41-30-33-51-47(34-41)44-17-8-10-21-50(44)55-51)40-28-24-37(25-29-40)42-31-32-46-43-16-7-9-19-48(43)54(38-14-5-2-6-15-38)49-20-11-18-45(42)52(46)49/h1-34H. The van der Waals surface area contributed by atoms with Crippen LogP contribution in [0.15, 0.2) is 206 Å². The number of nitrogens with zero attached hydrogens (tertiary/aromatic N) is 2. The molecule has 0 N–H and O–H groups in total. The van der Waals surface area contributed by atoms with E-state index in [4.69, 9.17) is 0 Å². The lowest BCUT2D eigenvalue weighted by Gasteiger charge is -2.34. The molecule has 1 aliphatic rings. The van der Waals surface area contributed by atoms with Gasteiger partial charge in [0.25, 0.3) is 0 Å². The van der Waals surface area contributed by atoms with Gasteiger partial charge in [-0.3, -0.25) is 0 Å². The number of anilines is 6. The lowest BCUT2D eigenvalue weighted by molar-refractivity contribution is 1.28. The van der Waals surface area contributed by atoms with Crippen LogP contribution in [0.4, 0.5) is 34.1 Å². The van der Waals surface area contributed by atoms with E-state index in [1.165, 1.54) is 75.7 Å². The summed E-state index contributed by atoms with van der Waals surface area (Å²) >= 11 is 1.85. The third-order valence-electron chi connectivity index (χ3n) is 11.0. The van der Waals surface area contributed by atoms with Crippen molar-refractivity contribution in [2.45, 2.75) is 0 Å². The topological polar surface area (TPSA) is 6.48 Å². The van der Waals surface area contributed by atoms with E-state index in [2.05, 4.69) is 216 Å². The molecule has 0 atom stereocenters. The van der Waals surface area contributed by atoms with Gasteiger partial charge in [0.1, 0.15) is 0 Å². The van der Waals surface area contributed by atoms with Gasteiger partial charge in [0.05, 0.1) is 11.4 Å². The molecule has 2 heterocycles. The summed E-state index contributed by atoms with van der Waals surface area (Å²) in [5.41, 5.74) is 14.3. The van der Waals surface area contributed by atoms with Crippen LogP contribution in [0.25, 0.3) is 64.3 Å². The maximum Gasteiger partial charge on any atom is 0.0546 e. The third kappa shape index (κ3) is 5.24. The molecule has 0 fully saturated rings. The first-order valence-corrected chi connectivity index (χ1v) is 19.6. The quantitative estimate of drug-likeness (QED) is 0.169. The first kappa shape index (κ1) is 31.6. The first-order chi connectivity index (χ1) is 27.3. The molecule has 3 heteroatoms. The first-order valence-electron chi connectivity index (χ1n) is 18.8. The van der Waals surface area contributed by atoms with E-state index < -0.39 is 0 Å². The summed E-state index contributed by atoms with van der Waals surface area (Å²) in [5.74, 6) is 0. The summed E-state index contributed by atoms with van der Waals surface area (Å²) in [4.78, 5) is 4.79. The van der Waals surface area contributed by atoms with Crippen LogP contribution < -0.4 is 9.80 Å². The lowest BCUT2D eigenvalue weighted by atomic mass is 9.87. The van der Waals surface area contributed by atoms with Crippen molar-refractivity contribution in [1.82, 2.24) is 0 Å².